The third kappa shape index (κ3) is 2.84. The molecule has 1 amide bonds. The monoisotopic (exact) mass is 421 g/mol. The number of carbonyl (C=O) groups is 1. The van der Waals surface area contributed by atoms with Crippen LogP contribution in [0.2, 0.25) is 10.0 Å². The highest BCUT2D eigenvalue weighted by molar-refractivity contribution is 7.87. The van der Waals surface area contributed by atoms with Gasteiger partial charge in [0.2, 0.25) is 0 Å². The summed E-state index contributed by atoms with van der Waals surface area (Å²) in [5.74, 6) is -0.204. The summed E-state index contributed by atoms with van der Waals surface area (Å²) in [6.45, 7) is 2.36. The molecule has 8 heteroatoms. The summed E-state index contributed by atoms with van der Waals surface area (Å²) in [7, 11) is -4.20. The number of hydrogen-bond donors (Lipinski definition) is 0. The number of benzene rings is 3. The molecule has 138 valence electrons. The molecule has 3 aromatic rings. The van der Waals surface area contributed by atoms with E-state index in [0.29, 0.717) is 33.6 Å². The van der Waals surface area contributed by atoms with Gasteiger partial charge in [-0.1, -0.05) is 35.3 Å². The molecule has 1 heterocycles. The van der Waals surface area contributed by atoms with E-state index in [-0.39, 0.29) is 21.6 Å². The van der Waals surface area contributed by atoms with Crippen molar-refractivity contribution in [2.45, 2.75) is 11.8 Å². The molecule has 27 heavy (non-hydrogen) atoms. The van der Waals surface area contributed by atoms with Gasteiger partial charge in [-0.05, 0) is 37.3 Å². The SMILES string of the molecule is CCN1C(=O)c2cccc3c(S(=O)(=O)Oc4cc(Cl)ccc4Cl)ccc1c23. The molecule has 0 unspecified atom stereocenters. The van der Waals surface area contributed by atoms with Crippen LogP contribution in [0, 0.1) is 0 Å². The van der Waals surface area contributed by atoms with Gasteiger partial charge < -0.3 is 9.08 Å². The maximum atomic E-state index is 12.9. The highest BCUT2D eigenvalue weighted by atomic mass is 35.5. The average molecular weight is 422 g/mol. The molecule has 1 aliphatic rings. The quantitative estimate of drug-likeness (QED) is 0.562. The molecule has 0 radical (unpaired) electrons. The molecule has 0 fully saturated rings. The van der Waals surface area contributed by atoms with Crippen molar-refractivity contribution in [3.63, 3.8) is 0 Å². The fourth-order valence-electron chi connectivity index (χ4n) is 3.26. The molecule has 3 aromatic carbocycles. The molecular weight excluding hydrogens is 409 g/mol. The highest BCUT2D eigenvalue weighted by Crippen LogP contribution is 2.41. The lowest BCUT2D eigenvalue weighted by Gasteiger charge is -2.15. The standard InChI is InChI=1S/C19H13Cl2NO4S/c1-2-22-15-8-9-17(12-4-3-5-13(18(12)15)19(22)23)27(24,25)26-16-10-11(20)6-7-14(16)21/h3-10H,2H2,1H3. The van der Waals surface area contributed by atoms with Crippen LogP contribution >= 0.6 is 23.2 Å². The highest BCUT2D eigenvalue weighted by Gasteiger charge is 2.32. The number of nitrogens with zero attached hydrogens (tertiary/aromatic N) is 1. The van der Waals surface area contributed by atoms with Gasteiger partial charge in [0.1, 0.15) is 4.90 Å². The van der Waals surface area contributed by atoms with Crippen molar-refractivity contribution in [1.29, 1.82) is 0 Å². The van der Waals surface area contributed by atoms with Crippen molar-refractivity contribution in [2.24, 2.45) is 0 Å². The topological polar surface area (TPSA) is 63.7 Å². The first kappa shape index (κ1) is 18.1. The summed E-state index contributed by atoms with van der Waals surface area (Å²) in [5.41, 5.74) is 1.16. The minimum atomic E-state index is -4.20. The van der Waals surface area contributed by atoms with Crippen LogP contribution in [-0.2, 0) is 10.1 Å². The van der Waals surface area contributed by atoms with E-state index in [1.54, 1.807) is 29.2 Å². The van der Waals surface area contributed by atoms with Crippen LogP contribution in [0.1, 0.15) is 17.3 Å². The molecule has 0 saturated carbocycles. The van der Waals surface area contributed by atoms with E-state index < -0.39 is 10.1 Å². The van der Waals surface area contributed by atoms with Gasteiger partial charge >= 0.3 is 10.1 Å². The zero-order valence-electron chi connectivity index (χ0n) is 14.1. The van der Waals surface area contributed by atoms with E-state index in [1.165, 1.54) is 24.3 Å². The van der Waals surface area contributed by atoms with Crippen LogP contribution in [0.25, 0.3) is 10.8 Å². The Morgan fingerprint density at radius 3 is 2.59 bits per heavy atom. The van der Waals surface area contributed by atoms with Crippen LogP contribution in [0.4, 0.5) is 5.69 Å². The second kappa shape index (κ2) is 6.41. The van der Waals surface area contributed by atoms with E-state index in [0.717, 1.165) is 0 Å². The van der Waals surface area contributed by atoms with E-state index >= 15 is 0 Å². The smallest absolute Gasteiger partial charge is 0.339 e. The van der Waals surface area contributed by atoms with E-state index in [9.17, 15) is 13.2 Å². The molecular formula is C19H13Cl2NO4S. The van der Waals surface area contributed by atoms with Crippen molar-refractivity contribution < 1.29 is 17.4 Å². The number of carbonyl (C=O) groups excluding carboxylic acids is 1. The van der Waals surface area contributed by atoms with Crippen LogP contribution < -0.4 is 9.08 Å². The van der Waals surface area contributed by atoms with Crippen molar-refractivity contribution >= 4 is 55.7 Å². The second-order valence-electron chi connectivity index (χ2n) is 5.97. The molecule has 0 N–H and O–H groups in total. The van der Waals surface area contributed by atoms with Crippen LogP contribution in [-0.4, -0.2) is 20.9 Å². The molecule has 5 nitrogen and oxygen atoms in total. The first-order valence-electron chi connectivity index (χ1n) is 8.10. The van der Waals surface area contributed by atoms with Crippen LogP contribution in [0.3, 0.4) is 0 Å². The lowest BCUT2D eigenvalue weighted by atomic mass is 10.1. The van der Waals surface area contributed by atoms with Crippen molar-refractivity contribution in [2.75, 3.05) is 11.4 Å². The minimum Gasteiger partial charge on any atom is -0.377 e. The molecule has 1 aliphatic heterocycles. The maximum absolute atomic E-state index is 12.9. The fourth-order valence-corrected chi connectivity index (χ4v) is 4.76. The average Bonchev–Trinajstić information content (AvgIpc) is 2.91. The van der Waals surface area contributed by atoms with Gasteiger partial charge in [0, 0.05) is 34.0 Å². The van der Waals surface area contributed by atoms with Crippen LogP contribution in [0.5, 0.6) is 5.75 Å². The number of halogens is 2. The molecule has 0 atom stereocenters. The summed E-state index contributed by atoms with van der Waals surface area (Å²) in [6, 6.07) is 12.4. The Morgan fingerprint density at radius 2 is 1.85 bits per heavy atom. The van der Waals surface area contributed by atoms with Crippen LogP contribution in [0.15, 0.2) is 53.4 Å². The van der Waals surface area contributed by atoms with Gasteiger partial charge in [-0.2, -0.15) is 8.42 Å². The number of hydrogen-bond acceptors (Lipinski definition) is 4. The molecule has 0 aromatic heterocycles. The summed E-state index contributed by atoms with van der Waals surface area (Å²) in [6.07, 6.45) is 0. The molecule has 0 bridgehead atoms. The lowest BCUT2D eigenvalue weighted by molar-refractivity contribution is 0.0994. The van der Waals surface area contributed by atoms with Crippen molar-refractivity contribution in [3.8, 4) is 5.75 Å². The van der Waals surface area contributed by atoms with Crippen molar-refractivity contribution in [1.82, 2.24) is 0 Å². The van der Waals surface area contributed by atoms with E-state index in [1.807, 2.05) is 6.92 Å². The van der Waals surface area contributed by atoms with Gasteiger partial charge in [-0.3, -0.25) is 4.79 Å². The van der Waals surface area contributed by atoms with Crippen molar-refractivity contribution in [3.05, 3.63) is 64.1 Å². The third-order valence-corrected chi connectivity index (χ3v) is 6.26. The summed E-state index contributed by atoms with van der Waals surface area (Å²) in [5, 5.41) is 1.45. The Hall–Kier alpha value is -2.28. The van der Waals surface area contributed by atoms with Gasteiger partial charge in [0.15, 0.2) is 5.75 Å². The summed E-state index contributed by atoms with van der Waals surface area (Å²) < 4.78 is 31.1. The second-order valence-corrected chi connectivity index (χ2v) is 8.33. The number of rotatable bonds is 4. The van der Waals surface area contributed by atoms with E-state index in [2.05, 4.69) is 0 Å². The minimum absolute atomic E-state index is 0.0371. The first-order chi connectivity index (χ1) is 12.8. The van der Waals surface area contributed by atoms with Gasteiger partial charge in [0.25, 0.3) is 5.91 Å². The molecule has 0 saturated heterocycles. The Labute approximate surface area is 166 Å². The zero-order chi connectivity index (χ0) is 19.3. The lowest BCUT2D eigenvalue weighted by Crippen LogP contribution is -2.25. The Morgan fingerprint density at radius 1 is 1.07 bits per heavy atom. The summed E-state index contributed by atoms with van der Waals surface area (Å²) >= 11 is 11.9. The Bertz CT molecular complexity index is 1210. The first-order valence-corrected chi connectivity index (χ1v) is 10.3. The molecule has 4 rings (SSSR count). The Balaban J connectivity index is 1.89. The fraction of sp³-hybridized carbons (Fsp3) is 0.105. The molecule has 0 aliphatic carbocycles. The maximum Gasteiger partial charge on any atom is 0.339 e. The van der Waals surface area contributed by atoms with Gasteiger partial charge in [0.05, 0.1) is 10.7 Å². The normalized spacial score (nSPS) is 13.4. The van der Waals surface area contributed by atoms with Gasteiger partial charge in [-0.25, -0.2) is 0 Å². The number of amides is 1. The predicted octanol–water partition coefficient (Wildman–Crippen LogP) is 4.89. The predicted molar refractivity (Wildman–Crippen MR) is 106 cm³/mol. The Kier molecular flexibility index (Phi) is 4.29. The zero-order valence-corrected chi connectivity index (χ0v) is 16.4. The third-order valence-electron chi connectivity index (χ3n) is 4.42. The van der Waals surface area contributed by atoms with E-state index in [4.69, 9.17) is 27.4 Å². The number of anilines is 1. The molecule has 0 spiro atoms. The van der Waals surface area contributed by atoms with Gasteiger partial charge in [-0.15, -0.1) is 0 Å². The summed E-state index contributed by atoms with van der Waals surface area (Å²) in [4.78, 5) is 14.1. The largest absolute Gasteiger partial charge is 0.377 e.